The van der Waals surface area contributed by atoms with E-state index in [4.69, 9.17) is 5.73 Å². The van der Waals surface area contributed by atoms with Crippen LogP contribution in [0.15, 0.2) is 0 Å². The molecule has 0 spiro atoms. The molecule has 0 aromatic carbocycles. The first-order valence-corrected chi connectivity index (χ1v) is 4.55. The van der Waals surface area contributed by atoms with Crippen LogP contribution >= 0.6 is 0 Å². The van der Waals surface area contributed by atoms with E-state index in [2.05, 4.69) is 10.1 Å². The van der Waals surface area contributed by atoms with Crippen molar-refractivity contribution in [3.63, 3.8) is 0 Å². The predicted octanol–water partition coefficient (Wildman–Crippen LogP) is -0.351. The lowest BCUT2D eigenvalue weighted by Gasteiger charge is -2.16. The monoisotopic (exact) mass is 202 g/mol. The summed E-state index contributed by atoms with van der Waals surface area (Å²) in [6.07, 6.45) is 0.546. The lowest BCUT2D eigenvalue weighted by Crippen LogP contribution is -2.46. The average molecular weight is 202 g/mol. The molecule has 5 nitrogen and oxygen atoms in total. The van der Waals surface area contributed by atoms with Gasteiger partial charge in [-0.15, -0.1) is 0 Å². The Morgan fingerprint density at radius 3 is 2.36 bits per heavy atom. The molecule has 0 aliphatic rings. The van der Waals surface area contributed by atoms with Gasteiger partial charge in [-0.2, -0.15) is 0 Å². The molecule has 14 heavy (non-hydrogen) atoms. The molecule has 0 aromatic heterocycles. The number of carbonyl (C=O) groups is 2. The minimum Gasteiger partial charge on any atom is -0.375 e. The van der Waals surface area contributed by atoms with E-state index in [1.165, 1.54) is 7.11 Å². The Labute approximate surface area is 84.0 Å². The second-order valence-electron chi connectivity index (χ2n) is 3.59. The Hall–Kier alpha value is -1.10. The van der Waals surface area contributed by atoms with Crippen molar-refractivity contribution in [2.24, 2.45) is 11.7 Å². The van der Waals surface area contributed by atoms with E-state index in [0.717, 1.165) is 0 Å². The lowest BCUT2D eigenvalue weighted by atomic mass is 10.0. The van der Waals surface area contributed by atoms with Gasteiger partial charge in [0.2, 0.25) is 11.8 Å². The zero-order chi connectivity index (χ0) is 11.1. The summed E-state index contributed by atoms with van der Waals surface area (Å²) in [7, 11) is 1.42. The number of amides is 2. The van der Waals surface area contributed by atoms with E-state index in [0.29, 0.717) is 12.3 Å². The third kappa shape index (κ3) is 5.53. The summed E-state index contributed by atoms with van der Waals surface area (Å²) in [5.41, 5.74) is 5.13. The SMILES string of the molecule is COCC(=O)N[C@H](CC(C)C)C(N)=O. The summed E-state index contributed by atoms with van der Waals surface area (Å²) >= 11 is 0. The molecule has 0 heterocycles. The van der Waals surface area contributed by atoms with Gasteiger partial charge < -0.3 is 15.8 Å². The molecule has 1 atom stereocenters. The molecule has 3 N–H and O–H groups in total. The number of primary amides is 1. The molecule has 5 heteroatoms. The molecule has 0 unspecified atom stereocenters. The summed E-state index contributed by atoms with van der Waals surface area (Å²) in [5.74, 6) is -0.532. The molecule has 0 fully saturated rings. The van der Waals surface area contributed by atoms with E-state index < -0.39 is 11.9 Å². The fraction of sp³-hybridized carbons (Fsp3) is 0.778. The highest BCUT2D eigenvalue weighted by Crippen LogP contribution is 2.03. The van der Waals surface area contributed by atoms with Crippen LogP contribution in [0.25, 0.3) is 0 Å². The predicted molar refractivity (Wildman–Crippen MR) is 52.5 cm³/mol. The fourth-order valence-electron chi connectivity index (χ4n) is 1.08. The largest absolute Gasteiger partial charge is 0.375 e. The maximum absolute atomic E-state index is 11.1. The van der Waals surface area contributed by atoms with Gasteiger partial charge in [0.15, 0.2) is 0 Å². The fourth-order valence-corrected chi connectivity index (χ4v) is 1.08. The van der Waals surface area contributed by atoms with Crippen molar-refractivity contribution in [3.8, 4) is 0 Å². The Kier molecular flexibility index (Phi) is 5.87. The van der Waals surface area contributed by atoms with Gasteiger partial charge in [0, 0.05) is 7.11 Å². The quantitative estimate of drug-likeness (QED) is 0.617. The summed E-state index contributed by atoms with van der Waals surface area (Å²) in [5, 5.41) is 2.51. The number of ether oxygens (including phenoxy) is 1. The molecule has 0 aromatic rings. The van der Waals surface area contributed by atoms with Gasteiger partial charge in [0.05, 0.1) is 0 Å². The maximum atomic E-state index is 11.1. The topological polar surface area (TPSA) is 81.4 Å². The van der Waals surface area contributed by atoms with Gasteiger partial charge in [-0.1, -0.05) is 13.8 Å². The van der Waals surface area contributed by atoms with Gasteiger partial charge in [0.25, 0.3) is 0 Å². The minimum atomic E-state index is -0.599. The first-order chi connectivity index (χ1) is 6.47. The molecule has 2 amide bonds. The number of carbonyl (C=O) groups excluding carboxylic acids is 2. The van der Waals surface area contributed by atoms with E-state index in [9.17, 15) is 9.59 Å². The zero-order valence-corrected chi connectivity index (χ0v) is 8.87. The van der Waals surface area contributed by atoms with Crippen LogP contribution in [0.3, 0.4) is 0 Å². The molecule has 0 bridgehead atoms. The molecule has 0 aliphatic carbocycles. The van der Waals surface area contributed by atoms with Crippen molar-refractivity contribution in [1.29, 1.82) is 0 Å². The van der Waals surface area contributed by atoms with Crippen molar-refractivity contribution in [3.05, 3.63) is 0 Å². The zero-order valence-electron chi connectivity index (χ0n) is 8.87. The first kappa shape index (κ1) is 12.9. The number of methoxy groups -OCH3 is 1. The summed E-state index contributed by atoms with van der Waals surface area (Å²) < 4.78 is 4.63. The molecule has 82 valence electrons. The molecule has 0 radical (unpaired) electrons. The van der Waals surface area contributed by atoms with E-state index in [-0.39, 0.29) is 12.5 Å². The van der Waals surface area contributed by atoms with Crippen molar-refractivity contribution < 1.29 is 14.3 Å². The molecular weight excluding hydrogens is 184 g/mol. The van der Waals surface area contributed by atoms with Crippen LogP contribution in [0, 0.1) is 5.92 Å². The van der Waals surface area contributed by atoms with E-state index in [1.54, 1.807) is 0 Å². The normalized spacial score (nSPS) is 12.6. The maximum Gasteiger partial charge on any atom is 0.246 e. The number of hydrogen-bond acceptors (Lipinski definition) is 3. The van der Waals surface area contributed by atoms with Gasteiger partial charge in [0.1, 0.15) is 12.6 Å². The Morgan fingerprint density at radius 1 is 1.43 bits per heavy atom. The van der Waals surface area contributed by atoms with Gasteiger partial charge >= 0.3 is 0 Å². The molecule has 0 aliphatic heterocycles. The van der Waals surface area contributed by atoms with Crippen LogP contribution in [0.2, 0.25) is 0 Å². The second kappa shape index (κ2) is 6.37. The Bertz CT molecular complexity index is 204. The second-order valence-corrected chi connectivity index (χ2v) is 3.59. The highest BCUT2D eigenvalue weighted by atomic mass is 16.5. The number of hydrogen-bond donors (Lipinski definition) is 2. The summed E-state index contributed by atoms with van der Waals surface area (Å²) in [4.78, 5) is 22.0. The van der Waals surface area contributed by atoms with Crippen LogP contribution in [-0.2, 0) is 14.3 Å². The van der Waals surface area contributed by atoms with Crippen molar-refractivity contribution in [2.75, 3.05) is 13.7 Å². The lowest BCUT2D eigenvalue weighted by molar-refractivity contribution is -0.130. The minimum absolute atomic E-state index is 0.0537. The van der Waals surface area contributed by atoms with Crippen LogP contribution in [-0.4, -0.2) is 31.6 Å². The third-order valence-electron chi connectivity index (χ3n) is 1.66. The van der Waals surface area contributed by atoms with Crippen LogP contribution in [0.5, 0.6) is 0 Å². The third-order valence-corrected chi connectivity index (χ3v) is 1.66. The molecule has 0 rings (SSSR count). The van der Waals surface area contributed by atoms with Crippen LogP contribution in [0.4, 0.5) is 0 Å². The average Bonchev–Trinajstić information content (AvgIpc) is 2.02. The van der Waals surface area contributed by atoms with Crippen molar-refractivity contribution >= 4 is 11.8 Å². The molecular formula is C9H18N2O3. The van der Waals surface area contributed by atoms with E-state index >= 15 is 0 Å². The highest BCUT2D eigenvalue weighted by Gasteiger charge is 2.18. The van der Waals surface area contributed by atoms with Gasteiger partial charge in [-0.05, 0) is 12.3 Å². The van der Waals surface area contributed by atoms with Gasteiger partial charge in [-0.25, -0.2) is 0 Å². The molecule has 0 saturated heterocycles. The van der Waals surface area contributed by atoms with Crippen LogP contribution in [0.1, 0.15) is 20.3 Å². The number of nitrogens with one attached hydrogen (secondary N) is 1. The first-order valence-electron chi connectivity index (χ1n) is 4.55. The smallest absolute Gasteiger partial charge is 0.246 e. The van der Waals surface area contributed by atoms with E-state index in [1.807, 2.05) is 13.8 Å². The van der Waals surface area contributed by atoms with Crippen LogP contribution < -0.4 is 11.1 Å². The summed E-state index contributed by atoms with van der Waals surface area (Å²) in [6, 6.07) is -0.599. The van der Waals surface area contributed by atoms with Crippen molar-refractivity contribution in [1.82, 2.24) is 5.32 Å². The highest BCUT2D eigenvalue weighted by molar-refractivity contribution is 5.86. The number of nitrogens with two attached hydrogens (primary N) is 1. The summed E-state index contributed by atoms with van der Waals surface area (Å²) in [6.45, 7) is 3.86. The standard InChI is InChI=1S/C9H18N2O3/c1-6(2)4-7(9(10)13)11-8(12)5-14-3/h6-7H,4-5H2,1-3H3,(H2,10,13)(H,11,12)/t7-/m1/s1. The van der Waals surface area contributed by atoms with Crippen molar-refractivity contribution in [2.45, 2.75) is 26.3 Å². The number of rotatable bonds is 6. The molecule has 0 saturated carbocycles. The van der Waals surface area contributed by atoms with Gasteiger partial charge in [-0.3, -0.25) is 9.59 Å². The Morgan fingerprint density at radius 2 is 2.00 bits per heavy atom. The Balaban J connectivity index is 4.09.